The van der Waals surface area contributed by atoms with Gasteiger partial charge in [0.2, 0.25) is 5.91 Å². The van der Waals surface area contributed by atoms with Crippen LogP contribution in [0.3, 0.4) is 0 Å². The molecule has 2 aliphatic heterocycles. The van der Waals surface area contributed by atoms with Gasteiger partial charge in [-0.05, 0) is 19.3 Å². The Morgan fingerprint density at radius 2 is 0.861 bits per heavy atom. The van der Waals surface area contributed by atoms with Crippen LogP contribution >= 0.6 is 0 Å². The Kier molecular flexibility index (Phi) is 41.6. The first-order valence-electron chi connectivity index (χ1n) is 29.9. The van der Waals surface area contributed by atoms with Crippen LogP contribution in [0.15, 0.2) is 12.2 Å². The Hall–Kier alpha value is -1.27. The highest BCUT2D eigenvalue weighted by molar-refractivity contribution is 5.76. The number of amides is 1. The number of hydrogen-bond donors (Lipinski definition) is 9. The van der Waals surface area contributed by atoms with E-state index in [1.54, 1.807) is 6.08 Å². The lowest BCUT2D eigenvalue weighted by atomic mass is 9.97. The van der Waals surface area contributed by atoms with Crippen LogP contribution in [0.1, 0.15) is 258 Å². The van der Waals surface area contributed by atoms with Crippen molar-refractivity contribution in [2.45, 2.75) is 331 Å². The molecule has 9 N–H and O–H groups in total. The van der Waals surface area contributed by atoms with Crippen molar-refractivity contribution in [3.63, 3.8) is 0 Å². The van der Waals surface area contributed by atoms with Gasteiger partial charge in [0.15, 0.2) is 12.6 Å². The average Bonchev–Trinajstić information content (AvgIpc) is 3.38. The van der Waals surface area contributed by atoms with Gasteiger partial charge in [-0.25, -0.2) is 0 Å². The zero-order chi connectivity index (χ0) is 52.4. The number of allylic oxidation sites excluding steroid dienone is 1. The van der Waals surface area contributed by atoms with E-state index < -0.39 is 86.8 Å². The summed E-state index contributed by atoms with van der Waals surface area (Å²) in [7, 11) is 0. The van der Waals surface area contributed by atoms with Crippen molar-refractivity contribution in [2.75, 3.05) is 19.8 Å². The molecule has 426 valence electrons. The molecule has 0 spiro atoms. The average molecular weight is 1030 g/mol. The van der Waals surface area contributed by atoms with Gasteiger partial charge in [0.25, 0.3) is 0 Å². The third-order valence-corrected chi connectivity index (χ3v) is 15.0. The van der Waals surface area contributed by atoms with E-state index in [4.69, 9.17) is 18.9 Å². The van der Waals surface area contributed by atoms with E-state index in [2.05, 4.69) is 19.2 Å². The van der Waals surface area contributed by atoms with E-state index >= 15 is 0 Å². The largest absolute Gasteiger partial charge is 0.394 e. The highest BCUT2D eigenvalue weighted by Gasteiger charge is 2.51. The molecule has 0 bridgehead atoms. The van der Waals surface area contributed by atoms with Gasteiger partial charge in [0.1, 0.15) is 48.8 Å². The van der Waals surface area contributed by atoms with Gasteiger partial charge in [-0.3, -0.25) is 4.79 Å². The molecule has 0 aromatic carbocycles. The van der Waals surface area contributed by atoms with E-state index in [0.29, 0.717) is 6.42 Å². The molecule has 2 saturated heterocycles. The molecular weight excluding hydrogens is 919 g/mol. The Labute approximate surface area is 437 Å². The minimum Gasteiger partial charge on any atom is -0.394 e. The second-order valence-corrected chi connectivity index (χ2v) is 21.5. The number of carbonyl (C=O) groups is 1. The standard InChI is InChI=1S/C58H111NO13/c1-3-5-7-9-11-13-15-16-17-18-19-20-21-22-23-24-25-26-27-28-29-30-31-32-33-35-37-39-41-47(62)46(59-50(63)42-40-38-36-34-14-12-10-8-6-4-2)45-69-57-55(68)53(66)56(49(44-61)71-57)72-58-54(67)52(65)51(64)48(43-60)70-58/h39,41,46-49,51-58,60-62,64-68H,3-38,40,42-45H2,1-2H3,(H,59,63)/b41-39+. The number of aliphatic hydroxyl groups is 8. The molecule has 1 amide bonds. The molecule has 12 unspecified atom stereocenters. The summed E-state index contributed by atoms with van der Waals surface area (Å²) in [5, 5.41) is 86.9. The first-order valence-corrected chi connectivity index (χ1v) is 29.9. The van der Waals surface area contributed by atoms with Crippen LogP contribution in [0.2, 0.25) is 0 Å². The maximum absolute atomic E-state index is 13.2. The Balaban J connectivity index is 1.68. The van der Waals surface area contributed by atoms with Crippen molar-refractivity contribution in [1.82, 2.24) is 5.32 Å². The topological polar surface area (TPSA) is 228 Å². The zero-order valence-corrected chi connectivity index (χ0v) is 45.7. The number of hydrogen-bond acceptors (Lipinski definition) is 13. The van der Waals surface area contributed by atoms with Gasteiger partial charge in [-0.15, -0.1) is 0 Å². The summed E-state index contributed by atoms with van der Waals surface area (Å²) in [6.45, 7) is 2.80. The number of unbranched alkanes of at least 4 members (excludes halogenated alkanes) is 35. The van der Waals surface area contributed by atoms with E-state index in [-0.39, 0.29) is 18.9 Å². The lowest BCUT2D eigenvalue weighted by molar-refractivity contribution is -0.359. The van der Waals surface area contributed by atoms with E-state index in [0.717, 1.165) is 38.5 Å². The fourth-order valence-corrected chi connectivity index (χ4v) is 10.1. The summed E-state index contributed by atoms with van der Waals surface area (Å²) in [5.41, 5.74) is 0. The Morgan fingerprint density at radius 3 is 1.28 bits per heavy atom. The van der Waals surface area contributed by atoms with Gasteiger partial charge in [-0.1, -0.05) is 244 Å². The molecule has 2 fully saturated rings. The molecule has 0 saturated carbocycles. The summed E-state index contributed by atoms with van der Waals surface area (Å²) < 4.78 is 22.7. The van der Waals surface area contributed by atoms with E-state index in [9.17, 15) is 45.6 Å². The maximum Gasteiger partial charge on any atom is 0.220 e. The SMILES string of the molecule is CCCCCCCCCCCCCCCCCCCCCCCCCCCC/C=C/C(O)C(COC1OC(CO)C(OC2OC(CO)C(O)C(O)C2O)C(O)C1O)NC(=O)CCCCCCCCCCCC. The summed E-state index contributed by atoms with van der Waals surface area (Å²) in [6, 6.07) is -0.908. The summed E-state index contributed by atoms with van der Waals surface area (Å²) in [5.74, 6) is -0.239. The second kappa shape index (κ2) is 44.8. The van der Waals surface area contributed by atoms with Gasteiger partial charge in [0, 0.05) is 6.42 Å². The number of aliphatic hydroxyl groups excluding tert-OH is 8. The van der Waals surface area contributed by atoms with Crippen molar-refractivity contribution in [3.05, 3.63) is 12.2 Å². The van der Waals surface area contributed by atoms with Crippen molar-refractivity contribution in [2.24, 2.45) is 0 Å². The van der Waals surface area contributed by atoms with Crippen molar-refractivity contribution >= 4 is 5.91 Å². The van der Waals surface area contributed by atoms with Crippen LogP contribution in [0.25, 0.3) is 0 Å². The van der Waals surface area contributed by atoms with Gasteiger partial charge in [0.05, 0.1) is 32.0 Å². The minimum atomic E-state index is -1.78. The number of ether oxygens (including phenoxy) is 4. The normalized spacial score (nSPS) is 25.6. The third kappa shape index (κ3) is 30.5. The fourth-order valence-electron chi connectivity index (χ4n) is 10.1. The summed E-state index contributed by atoms with van der Waals surface area (Å²) in [6.07, 6.45) is 34.2. The first kappa shape index (κ1) is 66.8. The molecule has 0 aliphatic carbocycles. The van der Waals surface area contributed by atoms with Crippen molar-refractivity contribution in [3.8, 4) is 0 Å². The van der Waals surface area contributed by atoms with E-state index in [1.807, 2.05) is 6.08 Å². The summed E-state index contributed by atoms with van der Waals surface area (Å²) >= 11 is 0. The Morgan fingerprint density at radius 1 is 0.486 bits per heavy atom. The first-order chi connectivity index (χ1) is 35.1. The van der Waals surface area contributed by atoms with Crippen molar-refractivity contribution in [1.29, 1.82) is 0 Å². The maximum atomic E-state index is 13.2. The molecule has 14 nitrogen and oxygen atoms in total. The van der Waals surface area contributed by atoms with Crippen LogP contribution in [0.5, 0.6) is 0 Å². The molecule has 14 heteroatoms. The molecule has 0 aromatic rings. The van der Waals surface area contributed by atoms with Crippen LogP contribution in [-0.4, -0.2) is 140 Å². The lowest BCUT2D eigenvalue weighted by Gasteiger charge is -2.46. The third-order valence-electron chi connectivity index (χ3n) is 15.0. The van der Waals surface area contributed by atoms with Crippen LogP contribution in [-0.2, 0) is 23.7 Å². The molecule has 0 aromatic heterocycles. The molecule has 2 rings (SSSR count). The number of nitrogens with one attached hydrogen (secondary N) is 1. The number of rotatable bonds is 48. The van der Waals surface area contributed by atoms with Crippen molar-refractivity contribution < 1.29 is 64.6 Å². The van der Waals surface area contributed by atoms with Crippen LogP contribution < -0.4 is 5.32 Å². The molecule has 2 heterocycles. The Bertz CT molecular complexity index is 1260. The van der Waals surface area contributed by atoms with Gasteiger partial charge < -0.3 is 65.1 Å². The second-order valence-electron chi connectivity index (χ2n) is 21.5. The monoisotopic (exact) mass is 1030 g/mol. The molecule has 2 aliphatic rings. The predicted octanol–water partition coefficient (Wildman–Crippen LogP) is 9.89. The number of carbonyl (C=O) groups excluding carboxylic acids is 1. The fraction of sp³-hybridized carbons (Fsp3) is 0.948. The lowest BCUT2D eigenvalue weighted by Crippen LogP contribution is -2.65. The highest BCUT2D eigenvalue weighted by Crippen LogP contribution is 2.30. The van der Waals surface area contributed by atoms with E-state index in [1.165, 1.54) is 193 Å². The summed E-state index contributed by atoms with van der Waals surface area (Å²) in [4.78, 5) is 13.2. The molecule has 0 radical (unpaired) electrons. The smallest absolute Gasteiger partial charge is 0.220 e. The molecule has 12 atom stereocenters. The molecule has 72 heavy (non-hydrogen) atoms. The van der Waals surface area contributed by atoms with Gasteiger partial charge >= 0.3 is 0 Å². The quantitative estimate of drug-likeness (QED) is 0.0205. The highest BCUT2D eigenvalue weighted by atomic mass is 16.7. The minimum absolute atomic E-state index is 0.239. The van der Waals surface area contributed by atoms with Crippen LogP contribution in [0, 0.1) is 0 Å². The van der Waals surface area contributed by atoms with Gasteiger partial charge in [-0.2, -0.15) is 0 Å². The van der Waals surface area contributed by atoms with Crippen LogP contribution in [0.4, 0.5) is 0 Å². The molecular formula is C58H111NO13. The predicted molar refractivity (Wildman–Crippen MR) is 286 cm³/mol. The zero-order valence-electron chi connectivity index (χ0n) is 45.7.